The van der Waals surface area contributed by atoms with E-state index in [1.807, 2.05) is 0 Å². The summed E-state index contributed by atoms with van der Waals surface area (Å²) < 4.78 is 0. The molecule has 2 heterocycles. The number of hydrogen-bond acceptors (Lipinski definition) is 3. The first-order valence-electron chi connectivity index (χ1n) is 6.07. The number of carboxylic acid groups (broad SMARTS) is 1. The van der Waals surface area contributed by atoms with Crippen LogP contribution in [0.3, 0.4) is 0 Å². The molecular weight excluding hydrogens is 234 g/mol. The lowest BCUT2D eigenvalue weighted by molar-refractivity contribution is -0.144. The van der Waals surface area contributed by atoms with Crippen LogP contribution in [0.4, 0.5) is 0 Å². The van der Waals surface area contributed by atoms with Gasteiger partial charge in [-0.3, -0.25) is 9.69 Å². The number of aliphatic carboxylic acids is 1. The zero-order valence-corrected chi connectivity index (χ0v) is 11.2. The Balaban J connectivity index is 1.96. The van der Waals surface area contributed by atoms with Crippen LogP contribution in [0, 0.1) is 12.8 Å². The van der Waals surface area contributed by atoms with Crippen molar-refractivity contribution in [1.82, 2.24) is 4.90 Å². The van der Waals surface area contributed by atoms with Crippen molar-refractivity contribution >= 4 is 17.3 Å². The van der Waals surface area contributed by atoms with Gasteiger partial charge in [-0.15, -0.1) is 11.3 Å². The lowest BCUT2D eigenvalue weighted by Gasteiger charge is -2.36. The first kappa shape index (κ1) is 12.6. The first-order chi connectivity index (χ1) is 8.08. The molecule has 0 radical (unpaired) electrons. The van der Waals surface area contributed by atoms with Gasteiger partial charge in [0.05, 0.1) is 5.92 Å². The van der Waals surface area contributed by atoms with Gasteiger partial charge in [0.25, 0.3) is 0 Å². The molecule has 2 atom stereocenters. The van der Waals surface area contributed by atoms with E-state index in [0.717, 1.165) is 25.9 Å². The van der Waals surface area contributed by atoms with E-state index in [0.29, 0.717) is 6.04 Å². The Hall–Kier alpha value is -0.870. The minimum absolute atomic E-state index is 0.148. The summed E-state index contributed by atoms with van der Waals surface area (Å²) >= 11 is 1.79. The Morgan fingerprint density at radius 2 is 2.41 bits per heavy atom. The summed E-state index contributed by atoms with van der Waals surface area (Å²) in [4.78, 5) is 14.8. The van der Waals surface area contributed by atoms with Crippen molar-refractivity contribution in [2.45, 2.75) is 39.3 Å². The van der Waals surface area contributed by atoms with E-state index in [1.165, 1.54) is 10.4 Å². The Morgan fingerprint density at radius 1 is 1.65 bits per heavy atom. The van der Waals surface area contributed by atoms with Gasteiger partial charge < -0.3 is 5.11 Å². The largest absolute Gasteiger partial charge is 0.481 e. The van der Waals surface area contributed by atoms with Crippen molar-refractivity contribution in [2.75, 3.05) is 6.54 Å². The average molecular weight is 253 g/mol. The number of carbonyl (C=O) groups is 1. The van der Waals surface area contributed by atoms with Crippen LogP contribution in [-0.2, 0) is 11.3 Å². The molecule has 1 aromatic heterocycles. The van der Waals surface area contributed by atoms with Gasteiger partial charge in [-0.2, -0.15) is 0 Å². The lowest BCUT2D eigenvalue weighted by Crippen LogP contribution is -2.42. The van der Waals surface area contributed by atoms with Crippen molar-refractivity contribution in [1.29, 1.82) is 0 Å². The van der Waals surface area contributed by atoms with Gasteiger partial charge >= 0.3 is 5.97 Å². The van der Waals surface area contributed by atoms with E-state index in [-0.39, 0.29) is 5.92 Å². The third-order valence-corrected chi connectivity index (χ3v) is 4.69. The van der Waals surface area contributed by atoms with Crippen molar-refractivity contribution in [3.63, 3.8) is 0 Å². The highest BCUT2D eigenvalue weighted by atomic mass is 32.1. The van der Waals surface area contributed by atoms with E-state index >= 15 is 0 Å². The van der Waals surface area contributed by atoms with Gasteiger partial charge in [0.2, 0.25) is 0 Å². The Bertz CT molecular complexity index is 402. The third-order valence-electron chi connectivity index (χ3n) is 3.68. The summed E-state index contributed by atoms with van der Waals surface area (Å²) in [6.45, 7) is 6.14. The van der Waals surface area contributed by atoms with E-state index in [1.54, 1.807) is 11.3 Å². The summed E-state index contributed by atoms with van der Waals surface area (Å²) in [5.74, 6) is -0.783. The molecule has 0 aliphatic carbocycles. The second-order valence-corrected chi connectivity index (χ2v) is 5.91. The number of carboxylic acids is 1. The summed E-state index contributed by atoms with van der Waals surface area (Å²) in [6, 6.07) is 2.51. The number of piperidine rings is 1. The minimum Gasteiger partial charge on any atom is -0.481 e. The first-order valence-corrected chi connectivity index (χ1v) is 6.95. The van der Waals surface area contributed by atoms with Crippen LogP contribution >= 0.6 is 11.3 Å². The molecule has 1 aliphatic rings. The highest BCUT2D eigenvalue weighted by molar-refractivity contribution is 7.10. The van der Waals surface area contributed by atoms with E-state index in [9.17, 15) is 4.79 Å². The molecule has 3 nitrogen and oxygen atoms in total. The fourth-order valence-corrected chi connectivity index (χ4v) is 3.36. The van der Waals surface area contributed by atoms with Crippen molar-refractivity contribution in [2.24, 2.45) is 5.92 Å². The molecule has 2 rings (SSSR count). The maximum absolute atomic E-state index is 11.0. The number of hydrogen-bond donors (Lipinski definition) is 1. The summed E-state index contributed by atoms with van der Waals surface area (Å²) in [5, 5.41) is 11.2. The van der Waals surface area contributed by atoms with Crippen LogP contribution in [-0.4, -0.2) is 28.6 Å². The molecule has 1 saturated heterocycles. The van der Waals surface area contributed by atoms with Crippen LogP contribution < -0.4 is 0 Å². The van der Waals surface area contributed by atoms with Gasteiger partial charge in [-0.1, -0.05) is 0 Å². The topological polar surface area (TPSA) is 40.5 Å². The zero-order valence-electron chi connectivity index (χ0n) is 10.3. The molecule has 0 aromatic carbocycles. The molecule has 1 aromatic rings. The summed E-state index contributed by atoms with van der Waals surface area (Å²) in [6.07, 6.45) is 1.56. The number of thiophene rings is 1. The average Bonchev–Trinajstić information content (AvgIpc) is 2.67. The number of aryl methyl sites for hydroxylation is 1. The standard InChI is InChI=1S/C13H19NO2S/c1-9-4-6-17-12(9)8-14-5-3-11(13(15)16)7-10(14)2/h4,6,10-11H,3,5,7-8H2,1-2H3,(H,15,16). The van der Waals surface area contributed by atoms with E-state index in [2.05, 4.69) is 30.2 Å². The lowest BCUT2D eigenvalue weighted by atomic mass is 9.91. The van der Waals surface area contributed by atoms with Gasteiger partial charge in [-0.25, -0.2) is 0 Å². The number of nitrogens with zero attached hydrogens (tertiary/aromatic N) is 1. The number of likely N-dealkylation sites (tertiary alicyclic amines) is 1. The van der Waals surface area contributed by atoms with E-state index in [4.69, 9.17) is 5.11 Å². The molecule has 0 saturated carbocycles. The highest BCUT2D eigenvalue weighted by Gasteiger charge is 2.29. The molecule has 2 unspecified atom stereocenters. The van der Waals surface area contributed by atoms with Crippen LogP contribution in [0.5, 0.6) is 0 Å². The number of rotatable bonds is 3. The fourth-order valence-electron chi connectivity index (χ4n) is 2.43. The highest BCUT2D eigenvalue weighted by Crippen LogP contribution is 2.26. The SMILES string of the molecule is Cc1ccsc1CN1CCC(C(=O)O)CC1C. The van der Waals surface area contributed by atoms with Crippen LogP contribution in [0.1, 0.15) is 30.2 Å². The smallest absolute Gasteiger partial charge is 0.306 e. The van der Waals surface area contributed by atoms with Gasteiger partial charge in [-0.05, 0) is 50.2 Å². The van der Waals surface area contributed by atoms with Gasteiger partial charge in [0.15, 0.2) is 0 Å². The fraction of sp³-hybridized carbons (Fsp3) is 0.615. The zero-order chi connectivity index (χ0) is 12.4. The molecule has 0 spiro atoms. The summed E-state index contributed by atoms with van der Waals surface area (Å²) in [5.41, 5.74) is 1.35. The molecule has 17 heavy (non-hydrogen) atoms. The predicted molar refractivity (Wildman–Crippen MR) is 69.3 cm³/mol. The van der Waals surface area contributed by atoms with E-state index < -0.39 is 5.97 Å². The van der Waals surface area contributed by atoms with Crippen molar-refractivity contribution < 1.29 is 9.90 Å². The maximum atomic E-state index is 11.0. The molecular formula is C13H19NO2S. The predicted octanol–water partition coefficient (Wildman–Crippen LogP) is 2.74. The van der Waals surface area contributed by atoms with Crippen LogP contribution in [0.25, 0.3) is 0 Å². The molecule has 1 N–H and O–H groups in total. The maximum Gasteiger partial charge on any atom is 0.306 e. The molecule has 0 amide bonds. The molecule has 1 aliphatic heterocycles. The third kappa shape index (κ3) is 2.87. The van der Waals surface area contributed by atoms with Gasteiger partial charge in [0, 0.05) is 17.5 Å². The quantitative estimate of drug-likeness (QED) is 0.900. The van der Waals surface area contributed by atoms with Crippen molar-refractivity contribution in [3.05, 3.63) is 21.9 Å². The Morgan fingerprint density at radius 3 is 2.94 bits per heavy atom. The monoisotopic (exact) mass is 253 g/mol. The second-order valence-electron chi connectivity index (χ2n) is 4.91. The van der Waals surface area contributed by atoms with Gasteiger partial charge in [0.1, 0.15) is 0 Å². The van der Waals surface area contributed by atoms with Crippen LogP contribution in [0.2, 0.25) is 0 Å². The Labute approximate surface area is 106 Å². The second kappa shape index (κ2) is 5.19. The molecule has 94 valence electrons. The molecule has 1 fully saturated rings. The Kier molecular flexibility index (Phi) is 3.84. The van der Waals surface area contributed by atoms with Crippen molar-refractivity contribution in [3.8, 4) is 0 Å². The molecule has 4 heteroatoms. The minimum atomic E-state index is -0.635. The van der Waals surface area contributed by atoms with Crippen LogP contribution in [0.15, 0.2) is 11.4 Å². The summed E-state index contributed by atoms with van der Waals surface area (Å²) in [7, 11) is 0. The molecule has 0 bridgehead atoms. The normalized spacial score (nSPS) is 26.0.